The summed E-state index contributed by atoms with van der Waals surface area (Å²) < 4.78 is 5.61. The second kappa shape index (κ2) is 3.43. The Morgan fingerprint density at radius 2 is 1.80 bits per heavy atom. The number of hydrogen-bond acceptors (Lipinski definition) is 1. The van der Waals surface area contributed by atoms with E-state index in [0.717, 1.165) is 18.8 Å². The summed E-state index contributed by atoms with van der Waals surface area (Å²) in [6.07, 6.45) is 3.19. The van der Waals surface area contributed by atoms with Crippen LogP contribution in [0.15, 0.2) is 48.5 Å². The van der Waals surface area contributed by atoms with Gasteiger partial charge in [-0.3, -0.25) is 0 Å². The van der Waals surface area contributed by atoms with Crippen molar-refractivity contribution in [3.63, 3.8) is 0 Å². The molecule has 0 radical (unpaired) electrons. The smallest absolute Gasteiger partial charge is 0.123 e. The Hall–Kier alpha value is -1.76. The third kappa shape index (κ3) is 1.40. The predicted octanol–water partition coefficient (Wildman–Crippen LogP) is 3.60. The van der Waals surface area contributed by atoms with E-state index >= 15 is 0 Å². The van der Waals surface area contributed by atoms with Crippen LogP contribution in [0.1, 0.15) is 12.0 Å². The zero-order chi connectivity index (χ0) is 10.1. The molecule has 0 bridgehead atoms. The van der Waals surface area contributed by atoms with E-state index in [1.54, 1.807) is 0 Å². The predicted molar refractivity (Wildman–Crippen MR) is 62.5 cm³/mol. The van der Waals surface area contributed by atoms with Gasteiger partial charge in [-0.2, -0.15) is 0 Å². The standard InChI is InChI=1S/C14H12O/c1-2-7-12-11(5-1)6-3-8-13(12)14-9-4-10-15-14/h1-3,5-9H,4,10H2. The van der Waals surface area contributed by atoms with E-state index < -0.39 is 0 Å². The molecule has 3 rings (SSSR count). The van der Waals surface area contributed by atoms with E-state index in [4.69, 9.17) is 4.74 Å². The monoisotopic (exact) mass is 196 g/mol. The molecule has 1 heteroatoms. The summed E-state index contributed by atoms with van der Waals surface area (Å²) in [6, 6.07) is 14.8. The second-order valence-corrected chi connectivity index (χ2v) is 3.73. The topological polar surface area (TPSA) is 9.23 Å². The minimum absolute atomic E-state index is 0.818. The van der Waals surface area contributed by atoms with E-state index in [1.807, 2.05) is 0 Å². The van der Waals surface area contributed by atoms with Crippen molar-refractivity contribution in [2.24, 2.45) is 0 Å². The molecule has 74 valence electrons. The Kier molecular flexibility index (Phi) is 1.95. The average Bonchev–Trinajstić information content (AvgIpc) is 2.82. The van der Waals surface area contributed by atoms with Crippen LogP contribution in [0, 0.1) is 0 Å². The van der Waals surface area contributed by atoms with Crippen LogP contribution in [0.3, 0.4) is 0 Å². The van der Waals surface area contributed by atoms with Crippen molar-refractivity contribution < 1.29 is 4.74 Å². The number of rotatable bonds is 1. The molecule has 0 atom stereocenters. The SMILES string of the molecule is C1=C(c2cccc3ccccc23)OCC1. The largest absolute Gasteiger partial charge is 0.493 e. The van der Waals surface area contributed by atoms with E-state index in [0.29, 0.717) is 0 Å². The fourth-order valence-electron chi connectivity index (χ4n) is 2.05. The molecule has 2 aromatic carbocycles. The third-order valence-corrected chi connectivity index (χ3v) is 2.76. The molecule has 0 fully saturated rings. The molecule has 1 nitrogen and oxygen atoms in total. The minimum Gasteiger partial charge on any atom is -0.493 e. The maximum atomic E-state index is 5.61. The third-order valence-electron chi connectivity index (χ3n) is 2.76. The van der Waals surface area contributed by atoms with Gasteiger partial charge in [0.2, 0.25) is 0 Å². The Labute approximate surface area is 89.0 Å². The van der Waals surface area contributed by atoms with Crippen LogP contribution in [0.2, 0.25) is 0 Å². The maximum Gasteiger partial charge on any atom is 0.123 e. The molecule has 0 saturated carbocycles. The Bertz CT molecular complexity index is 520. The van der Waals surface area contributed by atoms with Crippen molar-refractivity contribution in [1.82, 2.24) is 0 Å². The summed E-state index contributed by atoms with van der Waals surface area (Å²) in [5, 5.41) is 2.54. The lowest BCUT2D eigenvalue weighted by Crippen LogP contribution is -1.87. The molecule has 1 aliphatic rings. The van der Waals surface area contributed by atoms with Gasteiger partial charge in [0.05, 0.1) is 6.61 Å². The van der Waals surface area contributed by atoms with Crippen molar-refractivity contribution in [3.05, 3.63) is 54.1 Å². The van der Waals surface area contributed by atoms with Crippen molar-refractivity contribution in [2.45, 2.75) is 6.42 Å². The number of fused-ring (bicyclic) bond motifs is 1. The molecule has 15 heavy (non-hydrogen) atoms. The number of benzene rings is 2. The lowest BCUT2D eigenvalue weighted by molar-refractivity contribution is 0.308. The van der Waals surface area contributed by atoms with Crippen LogP contribution in [0.5, 0.6) is 0 Å². The highest BCUT2D eigenvalue weighted by Crippen LogP contribution is 2.28. The van der Waals surface area contributed by atoms with E-state index in [-0.39, 0.29) is 0 Å². The minimum atomic E-state index is 0.818. The van der Waals surface area contributed by atoms with Crippen LogP contribution < -0.4 is 0 Å². The van der Waals surface area contributed by atoms with Crippen LogP contribution >= 0.6 is 0 Å². The number of ether oxygens (including phenoxy) is 1. The zero-order valence-electron chi connectivity index (χ0n) is 8.44. The summed E-state index contributed by atoms with van der Waals surface area (Å²) >= 11 is 0. The van der Waals surface area contributed by atoms with E-state index in [1.165, 1.54) is 16.3 Å². The highest BCUT2D eigenvalue weighted by atomic mass is 16.5. The molecule has 0 N–H and O–H groups in total. The highest BCUT2D eigenvalue weighted by molar-refractivity contribution is 5.92. The molecule has 1 heterocycles. The molecule has 0 unspecified atom stereocenters. The Morgan fingerprint density at radius 3 is 2.67 bits per heavy atom. The van der Waals surface area contributed by atoms with Gasteiger partial charge in [-0.15, -0.1) is 0 Å². The summed E-state index contributed by atoms with van der Waals surface area (Å²) in [5.74, 6) is 1.03. The average molecular weight is 196 g/mol. The van der Waals surface area contributed by atoms with E-state index in [2.05, 4.69) is 48.5 Å². The first kappa shape index (κ1) is 8.54. The van der Waals surface area contributed by atoms with Crippen molar-refractivity contribution in [3.8, 4) is 0 Å². The lowest BCUT2D eigenvalue weighted by atomic mass is 10.0. The summed E-state index contributed by atoms with van der Waals surface area (Å²) in [7, 11) is 0. The van der Waals surface area contributed by atoms with Crippen LogP contribution in [-0.2, 0) is 4.74 Å². The second-order valence-electron chi connectivity index (χ2n) is 3.73. The van der Waals surface area contributed by atoms with Gasteiger partial charge in [0.15, 0.2) is 0 Å². The van der Waals surface area contributed by atoms with Crippen LogP contribution in [0.4, 0.5) is 0 Å². The van der Waals surface area contributed by atoms with E-state index in [9.17, 15) is 0 Å². The van der Waals surface area contributed by atoms with Crippen molar-refractivity contribution >= 4 is 16.5 Å². The first-order valence-electron chi connectivity index (χ1n) is 5.26. The van der Waals surface area contributed by atoms with Gasteiger partial charge >= 0.3 is 0 Å². The molecule has 2 aromatic rings. The Balaban J connectivity index is 2.26. The van der Waals surface area contributed by atoms with Gasteiger partial charge in [0, 0.05) is 12.0 Å². The van der Waals surface area contributed by atoms with Gasteiger partial charge in [0.1, 0.15) is 5.76 Å². The van der Waals surface area contributed by atoms with Gasteiger partial charge in [-0.05, 0) is 16.8 Å². The van der Waals surface area contributed by atoms with Crippen molar-refractivity contribution in [2.75, 3.05) is 6.61 Å². The van der Waals surface area contributed by atoms with Gasteiger partial charge in [-0.1, -0.05) is 42.5 Å². The normalized spacial score (nSPS) is 15.1. The van der Waals surface area contributed by atoms with Crippen LogP contribution in [-0.4, -0.2) is 6.61 Å². The van der Waals surface area contributed by atoms with Crippen molar-refractivity contribution in [1.29, 1.82) is 0 Å². The summed E-state index contributed by atoms with van der Waals surface area (Å²) in [4.78, 5) is 0. The highest BCUT2D eigenvalue weighted by Gasteiger charge is 2.10. The zero-order valence-corrected chi connectivity index (χ0v) is 8.44. The molecular weight excluding hydrogens is 184 g/mol. The molecule has 0 saturated heterocycles. The lowest BCUT2D eigenvalue weighted by Gasteiger charge is -2.07. The van der Waals surface area contributed by atoms with Gasteiger partial charge in [0.25, 0.3) is 0 Å². The summed E-state index contributed by atoms with van der Waals surface area (Å²) in [6.45, 7) is 0.818. The fourth-order valence-corrected chi connectivity index (χ4v) is 2.05. The maximum absolute atomic E-state index is 5.61. The molecule has 0 spiro atoms. The first-order valence-corrected chi connectivity index (χ1v) is 5.26. The molecule has 0 aromatic heterocycles. The van der Waals surface area contributed by atoms with Crippen LogP contribution in [0.25, 0.3) is 16.5 Å². The molecular formula is C14H12O. The quantitative estimate of drug-likeness (QED) is 0.677. The number of hydrogen-bond donors (Lipinski definition) is 0. The molecule has 0 aliphatic carbocycles. The fraction of sp³-hybridized carbons (Fsp3) is 0.143. The Morgan fingerprint density at radius 1 is 0.933 bits per heavy atom. The van der Waals surface area contributed by atoms with Gasteiger partial charge in [-0.25, -0.2) is 0 Å². The first-order chi connectivity index (χ1) is 7.45. The molecule has 0 amide bonds. The summed E-state index contributed by atoms with van der Waals surface area (Å²) in [5.41, 5.74) is 1.21. The molecule has 1 aliphatic heterocycles. The van der Waals surface area contributed by atoms with Gasteiger partial charge < -0.3 is 4.74 Å².